The van der Waals surface area contributed by atoms with Crippen molar-refractivity contribution in [3.05, 3.63) is 11.9 Å². The lowest BCUT2D eigenvalue weighted by molar-refractivity contribution is -0.141. The SMILES string of the molecule is CCOC(=O)/C(F)=C\[C@H]1COC(C)(C)O1. The maximum Gasteiger partial charge on any atom is 0.366 e. The van der Waals surface area contributed by atoms with E-state index in [1.54, 1.807) is 20.8 Å². The van der Waals surface area contributed by atoms with Crippen LogP contribution >= 0.6 is 0 Å². The topological polar surface area (TPSA) is 44.8 Å². The molecule has 0 bridgehead atoms. The summed E-state index contributed by atoms with van der Waals surface area (Å²) >= 11 is 0. The third-order valence-electron chi connectivity index (χ3n) is 1.83. The lowest BCUT2D eigenvalue weighted by atomic mass is 10.3. The molecule has 15 heavy (non-hydrogen) atoms. The second-order valence-corrected chi connectivity index (χ2v) is 3.60. The van der Waals surface area contributed by atoms with Gasteiger partial charge in [-0.25, -0.2) is 4.79 Å². The second-order valence-electron chi connectivity index (χ2n) is 3.60. The van der Waals surface area contributed by atoms with Crippen LogP contribution in [0.15, 0.2) is 11.9 Å². The monoisotopic (exact) mass is 218 g/mol. The van der Waals surface area contributed by atoms with E-state index in [4.69, 9.17) is 9.47 Å². The molecule has 1 aliphatic heterocycles. The van der Waals surface area contributed by atoms with Gasteiger partial charge in [0.25, 0.3) is 0 Å². The molecule has 0 amide bonds. The Morgan fingerprint density at radius 2 is 2.33 bits per heavy atom. The van der Waals surface area contributed by atoms with Crippen molar-refractivity contribution in [2.24, 2.45) is 0 Å². The van der Waals surface area contributed by atoms with Crippen LogP contribution in [0.1, 0.15) is 20.8 Å². The van der Waals surface area contributed by atoms with Crippen LogP contribution in [-0.2, 0) is 19.0 Å². The first-order valence-corrected chi connectivity index (χ1v) is 4.81. The van der Waals surface area contributed by atoms with E-state index in [1.807, 2.05) is 0 Å². The zero-order chi connectivity index (χ0) is 11.5. The van der Waals surface area contributed by atoms with Gasteiger partial charge in [-0.3, -0.25) is 0 Å². The Hall–Kier alpha value is -0.940. The van der Waals surface area contributed by atoms with Gasteiger partial charge < -0.3 is 14.2 Å². The van der Waals surface area contributed by atoms with Crippen LogP contribution in [0.4, 0.5) is 4.39 Å². The molecule has 0 N–H and O–H groups in total. The highest BCUT2D eigenvalue weighted by Gasteiger charge is 2.32. The van der Waals surface area contributed by atoms with Gasteiger partial charge in [0.05, 0.1) is 13.2 Å². The van der Waals surface area contributed by atoms with Gasteiger partial charge >= 0.3 is 5.97 Å². The van der Waals surface area contributed by atoms with E-state index in [1.165, 1.54) is 0 Å². The van der Waals surface area contributed by atoms with Crippen LogP contribution in [0.5, 0.6) is 0 Å². The fourth-order valence-electron chi connectivity index (χ4n) is 1.23. The first kappa shape index (κ1) is 12.1. The molecule has 1 saturated heterocycles. The molecule has 5 heteroatoms. The molecule has 0 unspecified atom stereocenters. The van der Waals surface area contributed by atoms with Crippen molar-refractivity contribution in [1.82, 2.24) is 0 Å². The van der Waals surface area contributed by atoms with Gasteiger partial charge in [-0.2, -0.15) is 4.39 Å². The van der Waals surface area contributed by atoms with Crippen LogP contribution in [-0.4, -0.2) is 31.1 Å². The molecule has 1 aliphatic rings. The quantitative estimate of drug-likeness (QED) is 0.532. The van der Waals surface area contributed by atoms with E-state index >= 15 is 0 Å². The Morgan fingerprint density at radius 3 is 2.80 bits per heavy atom. The average molecular weight is 218 g/mol. The lowest BCUT2D eigenvalue weighted by Gasteiger charge is -2.15. The highest BCUT2D eigenvalue weighted by molar-refractivity contribution is 5.85. The number of hydrogen-bond donors (Lipinski definition) is 0. The Balaban J connectivity index is 2.53. The highest BCUT2D eigenvalue weighted by Crippen LogP contribution is 2.23. The van der Waals surface area contributed by atoms with Gasteiger partial charge in [-0.1, -0.05) is 0 Å². The van der Waals surface area contributed by atoms with Gasteiger partial charge in [0, 0.05) is 0 Å². The number of carbonyl (C=O) groups excluding carboxylic acids is 1. The van der Waals surface area contributed by atoms with Crippen LogP contribution in [0.3, 0.4) is 0 Å². The number of carbonyl (C=O) groups is 1. The van der Waals surface area contributed by atoms with Crippen molar-refractivity contribution in [2.75, 3.05) is 13.2 Å². The molecular formula is C10H15FO4. The van der Waals surface area contributed by atoms with E-state index in [0.717, 1.165) is 6.08 Å². The molecule has 4 nitrogen and oxygen atoms in total. The Bertz CT molecular complexity index is 273. The van der Waals surface area contributed by atoms with Gasteiger partial charge in [-0.15, -0.1) is 0 Å². The summed E-state index contributed by atoms with van der Waals surface area (Å²) in [6.45, 7) is 5.45. The van der Waals surface area contributed by atoms with Crippen molar-refractivity contribution in [2.45, 2.75) is 32.7 Å². The van der Waals surface area contributed by atoms with Gasteiger partial charge in [0.1, 0.15) is 6.10 Å². The molecule has 0 aromatic heterocycles. The van der Waals surface area contributed by atoms with Crippen LogP contribution in [0, 0.1) is 0 Å². The van der Waals surface area contributed by atoms with Gasteiger partial charge in [-0.05, 0) is 26.8 Å². The van der Waals surface area contributed by atoms with Gasteiger partial charge in [0.15, 0.2) is 5.79 Å². The highest BCUT2D eigenvalue weighted by atomic mass is 19.1. The third kappa shape index (κ3) is 3.60. The molecule has 0 aromatic rings. The maximum atomic E-state index is 13.1. The fraction of sp³-hybridized carbons (Fsp3) is 0.700. The fourth-order valence-corrected chi connectivity index (χ4v) is 1.23. The molecule has 0 saturated carbocycles. The molecule has 1 rings (SSSR count). The zero-order valence-electron chi connectivity index (χ0n) is 9.08. The second kappa shape index (κ2) is 4.72. The normalized spacial score (nSPS) is 25.3. The first-order chi connectivity index (χ1) is 6.94. The lowest BCUT2D eigenvalue weighted by Crippen LogP contribution is -2.21. The molecule has 1 fully saturated rings. The van der Waals surface area contributed by atoms with E-state index in [0.29, 0.717) is 0 Å². The molecule has 86 valence electrons. The van der Waals surface area contributed by atoms with Crippen molar-refractivity contribution in [3.63, 3.8) is 0 Å². The Morgan fingerprint density at radius 1 is 1.67 bits per heavy atom. The summed E-state index contributed by atoms with van der Waals surface area (Å²) in [7, 11) is 0. The number of halogens is 1. The van der Waals surface area contributed by atoms with Crippen molar-refractivity contribution in [1.29, 1.82) is 0 Å². The maximum absolute atomic E-state index is 13.1. The summed E-state index contributed by atoms with van der Waals surface area (Å²) in [4.78, 5) is 10.9. The summed E-state index contributed by atoms with van der Waals surface area (Å²) in [6, 6.07) is 0. The molecule has 0 aliphatic carbocycles. The van der Waals surface area contributed by atoms with E-state index < -0.39 is 23.7 Å². The molecule has 0 spiro atoms. The van der Waals surface area contributed by atoms with E-state index in [9.17, 15) is 9.18 Å². The largest absolute Gasteiger partial charge is 0.461 e. The summed E-state index contributed by atoms with van der Waals surface area (Å²) in [6.07, 6.45) is 0.539. The molecule has 0 radical (unpaired) electrons. The number of esters is 1. The summed E-state index contributed by atoms with van der Waals surface area (Å²) in [5, 5.41) is 0. The minimum Gasteiger partial charge on any atom is -0.461 e. The Kier molecular flexibility index (Phi) is 3.82. The minimum atomic E-state index is -0.967. The zero-order valence-corrected chi connectivity index (χ0v) is 9.08. The number of ether oxygens (including phenoxy) is 3. The molecule has 1 heterocycles. The van der Waals surface area contributed by atoms with Crippen molar-refractivity contribution >= 4 is 5.97 Å². The molecule has 0 aromatic carbocycles. The number of hydrogen-bond acceptors (Lipinski definition) is 4. The van der Waals surface area contributed by atoms with Crippen molar-refractivity contribution < 1.29 is 23.4 Å². The predicted molar refractivity (Wildman–Crippen MR) is 50.7 cm³/mol. The summed E-state index contributed by atoms with van der Waals surface area (Å²) in [5.74, 6) is -2.63. The molecular weight excluding hydrogens is 203 g/mol. The van der Waals surface area contributed by atoms with Crippen LogP contribution in [0.25, 0.3) is 0 Å². The first-order valence-electron chi connectivity index (χ1n) is 4.81. The third-order valence-corrected chi connectivity index (χ3v) is 1.83. The van der Waals surface area contributed by atoms with Crippen molar-refractivity contribution in [3.8, 4) is 0 Å². The van der Waals surface area contributed by atoms with Gasteiger partial charge in [0.2, 0.25) is 5.83 Å². The Labute approximate surface area is 88.0 Å². The van der Waals surface area contributed by atoms with E-state index in [-0.39, 0.29) is 13.2 Å². The average Bonchev–Trinajstić information content (AvgIpc) is 2.46. The molecule has 1 atom stereocenters. The standard InChI is InChI=1S/C10H15FO4/c1-4-13-9(12)8(11)5-7-6-14-10(2,3)15-7/h5,7H,4,6H2,1-3H3/b8-5+/t7-/m0/s1. The summed E-state index contributed by atoms with van der Waals surface area (Å²) in [5.41, 5.74) is 0. The predicted octanol–water partition coefficient (Wildman–Crippen LogP) is 1.55. The smallest absolute Gasteiger partial charge is 0.366 e. The van der Waals surface area contributed by atoms with Crippen LogP contribution in [0.2, 0.25) is 0 Å². The minimum absolute atomic E-state index is 0.146. The van der Waals surface area contributed by atoms with E-state index in [2.05, 4.69) is 4.74 Å². The van der Waals surface area contributed by atoms with Crippen LogP contribution < -0.4 is 0 Å². The number of rotatable bonds is 3. The summed E-state index contributed by atoms with van der Waals surface area (Å²) < 4.78 is 28.1.